The molecular weight excluding hydrogens is 334 g/mol. The molecule has 134 valence electrons. The highest BCUT2D eigenvalue weighted by Crippen LogP contribution is 2.35. The second kappa shape index (κ2) is 7.50. The lowest BCUT2D eigenvalue weighted by molar-refractivity contribution is 0.0529. The van der Waals surface area contributed by atoms with E-state index >= 15 is 0 Å². The van der Waals surface area contributed by atoms with Gasteiger partial charge >= 0.3 is 5.97 Å². The van der Waals surface area contributed by atoms with Crippen LogP contribution < -0.4 is 0 Å². The van der Waals surface area contributed by atoms with Crippen LogP contribution in [0.3, 0.4) is 0 Å². The maximum absolute atomic E-state index is 12.9. The Balaban J connectivity index is 2.01. The predicted octanol–water partition coefficient (Wildman–Crippen LogP) is 5.53. The van der Waals surface area contributed by atoms with Crippen molar-refractivity contribution in [3.05, 3.63) is 96.1 Å². The number of nitrogens with zero attached hydrogens (tertiary/aromatic N) is 1. The van der Waals surface area contributed by atoms with Crippen LogP contribution in [0, 0.1) is 0 Å². The van der Waals surface area contributed by atoms with E-state index < -0.39 is 0 Å². The Kier molecular flexibility index (Phi) is 4.75. The number of carbonyl (C=O) groups is 1. The molecule has 0 saturated carbocycles. The minimum Gasteiger partial charge on any atom is -0.462 e. The molecule has 0 unspecified atom stereocenters. The van der Waals surface area contributed by atoms with Crippen LogP contribution in [-0.4, -0.2) is 17.1 Å². The van der Waals surface area contributed by atoms with Gasteiger partial charge < -0.3 is 9.30 Å². The molecule has 0 atom stereocenters. The van der Waals surface area contributed by atoms with Crippen molar-refractivity contribution in [2.75, 3.05) is 6.61 Å². The summed E-state index contributed by atoms with van der Waals surface area (Å²) >= 11 is 0. The number of carbonyl (C=O) groups excluding carboxylic acids is 1. The summed E-state index contributed by atoms with van der Waals surface area (Å²) in [7, 11) is 0. The lowest BCUT2D eigenvalue weighted by Crippen LogP contribution is -2.08. The van der Waals surface area contributed by atoms with E-state index in [1.165, 1.54) is 5.56 Å². The van der Waals surface area contributed by atoms with Crippen LogP contribution >= 0.6 is 0 Å². The topological polar surface area (TPSA) is 31.2 Å². The van der Waals surface area contributed by atoms with Gasteiger partial charge in [-0.25, -0.2) is 4.79 Å². The molecule has 0 bridgehead atoms. The van der Waals surface area contributed by atoms with E-state index in [0.717, 1.165) is 22.2 Å². The number of benzene rings is 3. The molecule has 0 aliphatic rings. The first-order chi connectivity index (χ1) is 13.3. The average molecular weight is 355 g/mol. The maximum Gasteiger partial charge on any atom is 0.340 e. The number of hydrogen-bond donors (Lipinski definition) is 0. The van der Waals surface area contributed by atoms with Crippen molar-refractivity contribution < 1.29 is 9.53 Å². The molecule has 0 N–H and O–H groups in total. The molecule has 0 spiro atoms. The lowest BCUT2D eigenvalue weighted by atomic mass is 10.1. The van der Waals surface area contributed by atoms with Crippen molar-refractivity contribution in [3.8, 4) is 11.3 Å². The Morgan fingerprint density at radius 1 is 0.852 bits per heavy atom. The summed E-state index contributed by atoms with van der Waals surface area (Å²) in [6.45, 7) is 2.87. The Labute approximate surface area is 158 Å². The van der Waals surface area contributed by atoms with Gasteiger partial charge in [-0.3, -0.25) is 0 Å². The number of hydrogen-bond acceptors (Lipinski definition) is 2. The summed E-state index contributed by atoms with van der Waals surface area (Å²) in [6, 6.07) is 28.4. The number of fused-ring (bicyclic) bond motifs is 1. The first-order valence-electron chi connectivity index (χ1n) is 9.17. The zero-order chi connectivity index (χ0) is 18.6. The smallest absolute Gasteiger partial charge is 0.340 e. The van der Waals surface area contributed by atoms with Crippen molar-refractivity contribution in [1.29, 1.82) is 0 Å². The fraction of sp³-hybridized carbons (Fsp3) is 0.125. The molecule has 4 rings (SSSR count). The molecule has 1 heterocycles. The summed E-state index contributed by atoms with van der Waals surface area (Å²) in [5, 5.41) is 0.922. The van der Waals surface area contributed by atoms with Gasteiger partial charge in [-0.1, -0.05) is 78.9 Å². The number of ether oxygens (including phenoxy) is 1. The van der Waals surface area contributed by atoms with Crippen LogP contribution in [0.15, 0.2) is 84.9 Å². The van der Waals surface area contributed by atoms with Crippen molar-refractivity contribution in [3.63, 3.8) is 0 Å². The van der Waals surface area contributed by atoms with E-state index in [0.29, 0.717) is 18.7 Å². The molecule has 27 heavy (non-hydrogen) atoms. The van der Waals surface area contributed by atoms with Crippen LogP contribution in [0.4, 0.5) is 0 Å². The molecule has 3 heteroatoms. The van der Waals surface area contributed by atoms with Gasteiger partial charge in [0, 0.05) is 17.4 Å². The van der Waals surface area contributed by atoms with E-state index in [1.54, 1.807) is 0 Å². The Hall–Kier alpha value is -3.33. The molecule has 3 aromatic carbocycles. The van der Waals surface area contributed by atoms with Crippen LogP contribution in [0.5, 0.6) is 0 Å². The Morgan fingerprint density at radius 3 is 2.19 bits per heavy atom. The van der Waals surface area contributed by atoms with Crippen molar-refractivity contribution >= 4 is 16.9 Å². The predicted molar refractivity (Wildman–Crippen MR) is 109 cm³/mol. The zero-order valence-electron chi connectivity index (χ0n) is 15.3. The first-order valence-corrected chi connectivity index (χ1v) is 9.17. The number of aromatic nitrogens is 1. The van der Waals surface area contributed by atoms with Crippen LogP contribution in [0.25, 0.3) is 22.2 Å². The van der Waals surface area contributed by atoms with Crippen LogP contribution in [0.1, 0.15) is 22.8 Å². The van der Waals surface area contributed by atoms with Crippen molar-refractivity contribution in [1.82, 2.24) is 4.57 Å². The summed E-state index contributed by atoms with van der Waals surface area (Å²) in [5.41, 5.74) is 4.76. The van der Waals surface area contributed by atoms with Gasteiger partial charge in [-0.05, 0) is 24.1 Å². The lowest BCUT2D eigenvalue weighted by Gasteiger charge is -2.13. The SMILES string of the molecule is CCOC(=O)c1c(-c2ccccc2)n(Cc2ccccc2)c2ccccc12. The zero-order valence-corrected chi connectivity index (χ0v) is 15.3. The summed E-state index contributed by atoms with van der Waals surface area (Å²) < 4.78 is 7.62. The van der Waals surface area contributed by atoms with Crippen LogP contribution in [-0.2, 0) is 11.3 Å². The molecule has 0 aliphatic heterocycles. The Morgan fingerprint density at radius 2 is 1.48 bits per heavy atom. The summed E-state index contributed by atoms with van der Waals surface area (Å²) in [5.74, 6) is -0.278. The summed E-state index contributed by atoms with van der Waals surface area (Å²) in [6.07, 6.45) is 0. The van der Waals surface area contributed by atoms with E-state index in [1.807, 2.05) is 73.7 Å². The second-order valence-electron chi connectivity index (χ2n) is 6.40. The molecule has 0 fully saturated rings. The molecule has 0 radical (unpaired) electrons. The van der Waals surface area contributed by atoms with Crippen LogP contribution in [0.2, 0.25) is 0 Å². The third-order valence-corrected chi connectivity index (χ3v) is 4.68. The van der Waals surface area contributed by atoms with E-state index in [4.69, 9.17) is 4.74 Å². The third-order valence-electron chi connectivity index (χ3n) is 4.68. The van der Waals surface area contributed by atoms with Gasteiger partial charge in [-0.15, -0.1) is 0 Å². The molecule has 0 amide bonds. The molecule has 0 saturated heterocycles. The second-order valence-corrected chi connectivity index (χ2v) is 6.40. The van der Waals surface area contributed by atoms with Gasteiger partial charge in [0.05, 0.1) is 17.9 Å². The maximum atomic E-state index is 12.9. The summed E-state index contributed by atoms with van der Waals surface area (Å²) in [4.78, 5) is 12.9. The highest BCUT2D eigenvalue weighted by Gasteiger charge is 2.24. The fourth-order valence-corrected chi connectivity index (χ4v) is 3.54. The number of para-hydroxylation sites is 1. The molecule has 1 aromatic heterocycles. The monoisotopic (exact) mass is 355 g/mol. The van der Waals surface area contributed by atoms with Gasteiger partial charge in [0.15, 0.2) is 0 Å². The molecule has 4 aromatic rings. The normalized spacial score (nSPS) is 10.9. The van der Waals surface area contributed by atoms with Gasteiger partial charge in [0.2, 0.25) is 0 Å². The molecule has 3 nitrogen and oxygen atoms in total. The van der Waals surface area contributed by atoms with Crippen molar-refractivity contribution in [2.45, 2.75) is 13.5 Å². The molecule has 0 aliphatic carbocycles. The number of rotatable bonds is 5. The van der Waals surface area contributed by atoms with Gasteiger partial charge in [0.1, 0.15) is 0 Å². The fourth-order valence-electron chi connectivity index (χ4n) is 3.54. The largest absolute Gasteiger partial charge is 0.462 e. The number of esters is 1. The van der Waals surface area contributed by atoms with E-state index in [9.17, 15) is 4.79 Å². The van der Waals surface area contributed by atoms with E-state index in [-0.39, 0.29) is 5.97 Å². The highest BCUT2D eigenvalue weighted by atomic mass is 16.5. The minimum absolute atomic E-state index is 0.278. The molecular formula is C24H21NO2. The average Bonchev–Trinajstić information content (AvgIpc) is 3.04. The first kappa shape index (κ1) is 17.1. The Bertz CT molecular complexity index is 1070. The van der Waals surface area contributed by atoms with Crippen molar-refractivity contribution in [2.24, 2.45) is 0 Å². The van der Waals surface area contributed by atoms with Gasteiger partial charge in [0.25, 0.3) is 0 Å². The van der Waals surface area contributed by atoms with Gasteiger partial charge in [-0.2, -0.15) is 0 Å². The van der Waals surface area contributed by atoms with E-state index in [2.05, 4.69) is 22.8 Å². The minimum atomic E-state index is -0.278. The third kappa shape index (κ3) is 3.24. The quantitative estimate of drug-likeness (QED) is 0.441. The highest BCUT2D eigenvalue weighted by molar-refractivity contribution is 6.10. The standard InChI is InChI=1S/C24H21NO2/c1-2-27-24(26)22-20-15-9-10-16-21(20)25(17-18-11-5-3-6-12-18)23(22)19-13-7-4-8-14-19/h3-16H,2,17H2,1H3.